The second-order valence-corrected chi connectivity index (χ2v) is 4.65. The topological polar surface area (TPSA) is 79.1 Å². The molecule has 1 aromatic carbocycles. The molecule has 0 unspecified atom stereocenters. The van der Waals surface area contributed by atoms with Gasteiger partial charge in [0.25, 0.3) is 0 Å². The van der Waals surface area contributed by atoms with Crippen molar-refractivity contribution >= 4 is 28.2 Å². The van der Waals surface area contributed by atoms with E-state index in [1.165, 1.54) is 6.33 Å². The molecule has 0 fully saturated rings. The fraction of sp³-hybridized carbons (Fsp3) is 0.154. The summed E-state index contributed by atoms with van der Waals surface area (Å²) in [5.41, 5.74) is 6.37. The van der Waals surface area contributed by atoms with Gasteiger partial charge in [0.05, 0.1) is 5.39 Å². The molecular weight excluding hydrogens is 276 g/mol. The second kappa shape index (κ2) is 4.93. The molecule has 6 nitrogen and oxygen atoms in total. The summed E-state index contributed by atoms with van der Waals surface area (Å²) in [4.78, 5) is 4.26. The summed E-state index contributed by atoms with van der Waals surface area (Å²) in [6.07, 6.45) is 1.47. The zero-order valence-electron chi connectivity index (χ0n) is 10.7. The van der Waals surface area contributed by atoms with Crippen molar-refractivity contribution in [2.24, 2.45) is 12.8 Å². The first kappa shape index (κ1) is 12.6. The second-order valence-electron chi connectivity index (χ2n) is 4.21. The van der Waals surface area contributed by atoms with Crippen molar-refractivity contribution < 1.29 is 9.15 Å². The van der Waals surface area contributed by atoms with Crippen molar-refractivity contribution in [3.05, 3.63) is 42.2 Å². The summed E-state index contributed by atoms with van der Waals surface area (Å²) >= 11 is 5.00. The van der Waals surface area contributed by atoms with E-state index in [1.807, 2.05) is 24.3 Å². The minimum atomic E-state index is 0.161. The van der Waals surface area contributed by atoms with Gasteiger partial charge in [0.2, 0.25) is 5.76 Å². The quantitative estimate of drug-likeness (QED) is 0.737. The number of ether oxygens (including phenoxy) is 1. The smallest absolute Gasteiger partial charge is 0.204 e. The summed E-state index contributed by atoms with van der Waals surface area (Å²) in [6, 6.07) is 7.51. The molecule has 20 heavy (non-hydrogen) atoms. The molecule has 0 saturated carbocycles. The van der Waals surface area contributed by atoms with E-state index in [2.05, 4.69) is 10.1 Å². The molecule has 0 atom stereocenters. The molecule has 102 valence electrons. The maximum absolute atomic E-state index is 5.79. The largest absolute Gasteiger partial charge is 0.481 e. The first-order chi connectivity index (χ1) is 9.66. The molecule has 3 rings (SSSR count). The Bertz CT molecular complexity index is 778. The van der Waals surface area contributed by atoms with Gasteiger partial charge in [-0.25, -0.2) is 4.98 Å². The molecule has 0 amide bonds. The Morgan fingerprint density at radius 2 is 2.25 bits per heavy atom. The number of thiocarbonyl (C=S) groups is 1. The van der Waals surface area contributed by atoms with Gasteiger partial charge in [0.1, 0.15) is 23.5 Å². The van der Waals surface area contributed by atoms with Crippen molar-refractivity contribution in [2.45, 2.75) is 6.61 Å². The highest BCUT2D eigenvalue weighted by Gasteiger charge is 2.18. The van der Waals surface area contributed by atoms with Crippen LogP contribution in [0.15, 0.2) is 35.0 Å². The molecule has 0 aliphatic rings. The van der Waals surface area contributed by atoms with Crippen LogP contribution in [0, 0.1) is 0 Å². The van der Waals surface area contributed by atoms with E-state index >= 15 is 0 Å². The number of nitrogens with zero attached hydrogens (tertiary/aromatic N) is 3. The van der Waals surface area contributed by atoms with Crippen LogP contribution in [-0.4, -0.2) is 19.8 Å². The monoisotopic (exact) mass is 288 g/mol. The lowest BCUT2D eigenvalue weighted by atomic mass is 10.2. The first-order valence-corrected chi connectivity index (χ1v) is 6.34. The van der Waals surface area contributed by atoms with Crippen LogP contribution in [0.3, 0.4) is 0 Å². The number of aryl methyl sites for hydroxylation is 1. The number of furan rings is 1. The lowest BCUT2D eigenvalue weighted by Gasteiger charge is -2.05. The number of benzene rings is 1. The summed E-state index contributed by atoms with van der Waals surface area (Å²) in [5.74, 6) is 1.61. The number of nitrogens with two attached hydrogens (primary N) is 1. The van der Waals surface area contributed by atoms with Crippen molar-refractivity contribution in [1.29, 1.82) is 0 Å². The van der Waals surface area contributed by atoms with Gasteiger partial charge in [0.15, 0.2) is 11.6 Å². The Labute approximate surface area is 120 Å². The van der Waals surface area contributed by atoms with Gasteiger partial charge >= 0.3 is 0 Å². The molecule has 2 aromatic heterocycles. The fourth-order valence-corrected chi connectivity index (χ4v) is 2.05. The highest BCUT2D eigenvalue weighted by Crippen LogP contribution is 2.33. The van der Waals surface area contributed by atoms with E-state index in [1.54, 1.807) is 11.7 Å². The molecule has 0 aliphatic heterocycles. The van der Waals surface area contributed by atoms with E-state index in [4.69, 9.17) is 27.1 Å². The van der Waals surface area contributed by atoms with Crippen LogP contribution in [0.4, 0.5) is 0 Å². The van der Waals surface area contributed by atoms with Crippen LogP contribution in [0.2, 0.25) is 0 Å². The van der Waals surface area contributed by atoms with Crippen molar-refractivity contribution in [3.8, 4) is 5.75 Å². The van der Waals surface area contributed by atoms with Gasteiger partial charge in [-0.3, -0.25) is 4.68 Å². The molecule has 3 aromatic rings. The number of aromatic nitrogens is 3. The van der Waals surface area contributed by atoms with Crippen molar-refractivity contribution in [3.63, 3.8) is 0 Å². The zero-order chi connectivity index (χ0) is 14.1. The summed E-state index contributed by atoms with van der Waals surface area (Å²) < 4.78 is 13.1. The summed E-state index contributed by atoms with van der Waals surface area (Å²) in [5, 5.41) is 4.82. The molecule has 0 bridgehead atoms. The summed E-state index contributed by atoms with van der Waals surface area (Å²) in [6.45, 7) is 0.260. The number of hydrogen-bond donors (Lipinski definition) is 1. The van der Waals surface area contributed by atoms with E-state index in [9.17, 15) is 0 Å². The highest BCUT2D eigenvalue weighted by molar-refractivity contribution is 7.80. The minimum Gasteiger partial charge on any atom is -0.481 e. The highest BCUT2D eigenvalue weighted by atomic mass is 32.1. The van der Waals surface area contributed by atoms with Gasteiger partial charge in [0, 0.05) is 7.05 Å². The SMILES string of the molecule is Cn1ncnc1COc1c(C(N)=S)oc2ccccc12. The van der Waals surface area contributed by atoms with Crippen LogP contribution in [0.1, 0.15) is 11.6 Å². The fourth-order valence-electron chi connectivity index (χ4n) is 1.91. The number of fused-ring (bicyclic) bond motifs is 1. The average molecular weight is 288 g/mol. The Balaban J connectivity index is 1.99. The van der Waals surface area contributed by atoms with Crippen LogP contribution < -0.4 is 10.5 Å². The van der Waals surface area contributed by atoms with Gasteiger partial charge < -0.3 is 14.9 Å². The van der Waals surface area contributed by atoms with Crippen LogP contribution >= 0.6 is 12.2 Å². The minimum absolute atomic E-state index is 0.161. The number of rotatable bonds is 4. The van der Waals surface area contributed by atoms with Gasteiger partial charge in [-0.15, -0.1) is 0 Å². The van der Waals surface area contributed by atoms with E-state index in [0.717, 1.165) is 5.39 Å². The molecule has 2 N–H and O–H groups in total. The molecule has 0 saturated heterocycles. The third kappa shape index (κ3) is 2.12. The molecule has 0 spiro atoms. The maximum atomic E-state index is 5.79. The van der Waals surface area contributed by atoms with Crippen molar-refractivity contribution in [2.75, 3.05) is 0 Å². The first-order valence-electron chi connectivity index (χ1n) is 5.94. The van der Waals surface area contributed by atoms with E-state index < -0.39 is 0 Å². The lowest BCUT2D eigenvalue weighted by Crippen LogP contribution is -2.11. The molecule has 0 radical (unpaired) electrons. The van der Waals surface area contributed by atoms with E-state index in [0.29, 0.717) is 22.9 Å². The Morgan fingerprint density at radius 3 is 2.95 bits per heavy atom. The standard InChI is InChI=1S/C13H12N4O2S/c1-17-10(15-7-16-17)6-18-11-8-4-2-3-5-9(8)19-12(11)13(14)20/h2-5,7H,6H2,1H3,(H2,14,20). The average Bonchev–Trinajstić information content (AvgIpc) is 3.00. The van der Waals surface area contributed by atoms with Gasteiger partial charge in [-0.05, 0) is 12.1 Å². The third-order valence-corrected chi connectivity index (χ3v) is 3.11. The third-order valence-electron chi connectivity index (χ3n) is 2.92. The molecule has 0 aliphatic carbocycles. The Morgan fingerprint density at radius 1 is 1.45 bits per heavy atom. The van der Waals surface area contributed by atoms with Crippen molar-refractivity contribution in [1.82, 2.24) is 14.8 Å². The molecule has 2 heterocycles. The van der Waals surface area contributed by atoms with Crippen LogP contribution in [0.5, 0.6) is 5.75 Å². The number of para-hydroxylation sites is 1. The Hall–Kier alpha value is -2.41. The molecular formula is C13H12N4O2S. The normalized spacial score (nSPS) is 10.8. The van der Waals surface area contributed by atoms with Gasteiger partial charge in [-0.1, -0.05) is 24.4 Å². The van der Waals surface area contributed by atoms with E-state index in [-0.39, 0.29) is 11.6 Å². The molecule has 7 heteroatoms. The maximum Gasteiger partial charge on any atom is 0.204 e. The lowest BCUT2D eigenvalue weighted by molar-refractivity contribution is 0.288. The zero-order valence-corrected chi connectivity index (χ0v) is 11.6. The summed E-state index contributed by atoms with van der Waals surface area (Å²) in [7, 11) is 1.80. The van der Waals surface area contributed by atoms with Crippen LogP contribution in [-0.2, 0) is 13.7 Å². The predicted octanol–water partition coefficient (Wildman–Crippen LogP) is 1.77. The predicted molar refractivity (Wildman–Crippen MR) is 77.4 cm³/mol. The number of hydrogen-bond acceptors (Lipinski definition) is 5. The van der Waals surface area contributed by atoms with Crippen LogP contribution in [0.25, 0.3) is 11.0 Å². The van der Waals surface area contributed by atoms with Gasteiger partial charge in [-0.2, -0.15) is 5.10 Å². The Kier molecular flexibility index (Phi) is 3.11.